The molecule has 4 N–H and O–H groups in total. The van der Waals surface area contributed by atoms with E-state index in [1.165, 1.54) is 16.7 Å². The molecular weight excluding hydrogens is 866 g/mol. The first-order valence-electron chi connectivity index (χ1n) is 22.5. The maximum absolute atomic E-state index is 13.9. The maximum Gasteiger partial charge on any atom is 0.416 e. The minimum absolute atomic E-state index is 0.0134. The molecule has 3 heterocycles. The standard InChI is InChI=1S/C46H61F3N8O9/c1-33-39(54-44(61)53-33)9-3-2-4-10-41(58)52-17-20-63-21-22-64-23-24-65-25-26-66-32-42(59)51-16-6-18-56-40-15-19-55(29-36-8-5-7-35(27-36)28-50)31-38(40)43(60)57(45(56)62)30-34-11-13-37(14-12-34)46(47,48)49/h5,7-8,11-14,27,33,39H,2-4,6,9-10,15-26,29-32H2,1H3,(H,51,59)(H,52,58)(H2,53,54,61)/t33-,39+/m0/s1. The van der Waals surface area contributed by atoms with E-state index in [4.69, 9.17) is 18.9 Å². The molecule has 0 saturated carbocycles. The number of alkyl halides is 3. The van der Waals surface area contributed by atoms with E-state index >= 15 is 0 Å². The van der Waals surface area contributed by atoms with E-state index in [2.05, 4.69) is 27.3 Å². The summed E-state index contributed by atoms with van der Waals surface area (Å²) in [4.78, 5) is 65.6. The molecule has 5 rings (SSSR count). The number of ether oxygens (including phenoxy) is 4. The number of benzene rings is 2. The zero-order chi connectivity index (χ0) is 47.3. The fourth-order valence-electron chi connectivity index (χ4n) is 7.78. The molecule has 0 spiro atoms. The van der Waals surface area contributed by atoms with E-state index in [-0.39, 0.29) is 75.9 Å². The average molecular weight is 927 g/mol. The Morgan fingerprint density at radius 3 is 2.18 bits per heavy atom. The Labute approximate surface area is 381 Å². The quantitative estimate of drug-likeness (QED) is 0.0779. The van der Waals surface area contributed by atoms with Crippen LogP contribution in [0, 0.1) is 11.3 Å². The topological polar surface area (TPSA) is 207 Å². The van der Waals surface area contributed by atoms with Gasteiger partial charge in [-0.15, -0.1) is 0 Å². The Kier molecular flexibility index (Phi) is 20.7. The van der Waals surface area contributed by atoms with Crippen LogP contribution in [0.4, 0.5) is 18.0 Å². The van der Waals surface area contributed by atoms with Crippen LogP contribution in [0.15, 0.2) is 58.1 Å². The highest BCUT2D eigenvalue weighted by Crippen LogP contribution is 2.29. The summed E-state index contributed by atoms with van der Waals surface area (Å²) >= 11 is 0. The molecule has 1 fully saturated rings. The fourth-order valence-corrected chi connectivity index (χ4v) is 7.78. The number of carbonyl (C=O) groups excluding carboxylic acids is 3. The Balaban J connectivity index is 0.939. The van der Waals surface area contributed by atoms with Gasteiger partial charge in [0.2, 0.25) is 11.8 Å². The molecular formula is C46H61F3N8O9. The average Bonchev–Trinajstić information content (AvgIpc) is 3.62. The molecule has 0 bridgehead atoms. The van der Waals surface area contributed by atoms with Crippen LogP contribution in [-0.4, -0.2) is 116 Å². The lowest BCUT2D eigenvalue weighted by Crippen LogP contribution is -2.48. The summed E-state index contributed by atoms with van der Waals surface area (Å²) in [6.07, 6.45) is 0.226. The van der Waals surface area contributed by atoms with Crippen molar-refractivity contribution in [3.8, 4) is 6.07 Å². The molecule has 1 saturated heterocycles. The lowest BCUT2D eigenvalue weighted by molar-refractivity contribution is -0.137. The summed E-state index contributed by atoms with van der Waals surface area (Å²) in [6.45, 7) is 5.84. The van der Waals surface area contributed by atoms with E-state index in [0.29, 0.717) is 94.3 Å². The number of hydrogen-bond donors (Lipinski definition) is 4. The van der Waals surface area contributed by atoms with Gasteiger partial charge in [-0.2, -0.15) is 18.4 Å². The van der Waals surface area contributed by atoms with Crippen molar-refractivity contribution in [2.75, 3.05) is 72.5 Å². The van der Waals surface area contributed by atoms with E-state index in [1.807, 2.05) is 17.9 Å². The molecule has 4 amide bonds. The molecule has 66 heavy (non-hydrogen) atoms. The number of halogens is 3. The Morgan fingerprint density at radius 1 is 0.803 bits per heavy atom. The number of amides is 4. The SMILES string of the molecule is C[C@@H]1NC(=O)N[C@@H]1CCCCCC(=O)NCCOCCOCCOCCOCC(=O)NCCCn1c2c(c(=O)n(Cc3ccc(C(F)(F)F)cc3)c1=O)CN(Cc1cccc(C#N)c1)CC2. The van der Waals surface area contributed by atoms with Crippen molar-refractivity contribution in [1.82, 2.24) is 35.3 Å². The lowest BCUT2D eigenvalue weighted by atomic mass is 10.0. The van der Waals surface area contributed by atoms with Crippen molar-refractivity contribution in [1.29, 1.82) is 5.26 Å². The smallest absolute Gasteiger partial charge is 0.377 e. The number of unbranched alkanes of at least 4 members (excludes halogenated alkanes) is 2. The molecule has 360 valence electrons. The summed E-state index contributed by atoms with van der Waals surface area (Å²) in [6, 6.07) is 13.8. The van der Waals surface area contributed by atoms with Crippen molar-refractivity contribution >= 4 is 17.8 Å². The van der Waals surface area contributed by atoms with Crippen LogP contribution in [0.3, 0.4) is 0 Å². The first kappa shape index (κ1) is 51.4. The lowest BCUT2D eigenvalue weighted by Gasteiger charge is -2.30. The molecule has 2 aromatic carbocycles. The van der Waals surface area contributed by atoms with Crippen LogP contribution in [0.5, 0.6) is 0 Å². The predicted octanol–water partition coefficient (Wildman–Crippen LogP) is 3.22. The minimum atomic E-state index is -4.53. The first-order valence-corrected chi connectivity index (χ1v) is 22.5. The van der Waals surface area contributed by atoms with Crippen LogP contribution in [-0.2, 0) is 67.3 Å². The number of fused-ring (bicyclic) bond motifs is 1. The van der Waals surface area contributed by atoms with Gasteiger partial charge in [-0.25, -0.2) is 9.59 Å². The number of urea groups is 1. The second-order valence-corrected chi connectivity index (χ2v) is 16.3. The minimum Gasteiger partial charge on any atom is -0.377 e. The number of nitrogens with one attached hydrogen (secondary N) is 4. The van der Waals surface area contributed by atoms with Crippen LogP contribution in [0.2, 0.25) is 0 Å². The molecule has 1 aromatic heterocycles. The second-order valence-electron chi connectivity index (χ2n) is 16.3. The summed E-state index contributed by atoms with van der Waals surface area (Å²) in [5, 5.41) is 20.7. The third-order valence-corrected chi connectivity index (χ3v) is 11.3. The summed E-state index contributed by atoms with van der Waals surface area (Å²) in [5.41, 5.74) is 0.840. The van der Waals surface area contributed by atoms with Gasteiger partial charge in [0.1, 0.15) is 6.61 Å². The zero-order valence-corrected chi connectivity index (χ0v) is 37.4. The number of carbonyl (C=O) groups is 3. The third kappa shape index (κ3) is 16.7. The number of nitrogens with zero attached hydrogens (tertiary/aromatic N) is 4. The van der Waals surface area contributed by atoms with Crippen molar-refractivity contribution in [2.24, 2.45) is 0 Å². The van der Waals surface area contributed by atoms with E-state index in [0.717, 1.165) is 47.9 Å². The Bertz CT molecular complexity index is 2210. The number of rotatable bonds is 28. The molecule has 2 aliphatic heterocycles. The van der Waals surface area contributed by atoms with Gasteiger partial charge in [0.05, 0.1) is 81.6 Å². The van der Waals surface area contributed by atoms with Gasteiger partial charge in [0.15, 0.2) is 0 Å². The second kappa shape index (κ2) is 26.5. The third-order valence-electron chi connectivity index (χ3n) is 11.3. The predicted molar refractivity (Wildman–Crippen MR) is 236 cm³/mol. The van der Waals surface area contributed by atoms with Crippen molar-refractivity contribution in [2.45, 2.75) is 96.3 Å². The zero-order valence-electron chi connectivity index (χ0n) is 37.4. The molecule has 2 atom stereocenters. The monoisotopic (exact) mass is 926 g/mol. The van der Waals surface area contributed by atoms with Gasteiger partial charge in [-0.3, -0.25) is 28.4 Å². The highest BCUT2D eigenvalue weighted by atomic mass is 19.4. The molecule has 20 heteroatoms. The largest absolute Gasteiger partial charge is 0.416 e. The van der Waals surface area contributed by atoms with Gasteiger partial charge in [-0.05, 0) is 61.6 Å². The molecule has 2 aliphatic rings. The van der Waals surface area contributed by atoms with E-state index in [9.17, 15) is 42.4 Å². The van der Waals surface area contributed by atoms with E-state index in [1.54, 1.807) is 18.2 Å². The van der Waals surface area contributed by atoms with Gasteiger partial charge in [0, 0.05) is 63.8 Å². The van der Waals surface area contributed by atoms with Gasteiger partial charge in [0.25, 0.3) is 5.56 Å². The van der Waals surface area contributed by atoms with Crippen LogP contribution in [0.25, 0.3) is 0 Å². The van der Waals surface area contributed by atoms with Gasteiger partial charge in [-0.1, -0.05) is 37.1 Å². The molecule has 3 aromatic rings. The number of nitriles is 1. The normalized spacial score (nSPS) is 16.0. The van der Waals surface area contributed by atoms with Crippen molar-refractivity contribution < 1.29 is 46.5 Å². The van der Waals surface area contributed by atoms with Gasteiger partial charge < -0.3 is 40.2 Å². The number of hydrogen-bond acceptors (Lipinski definition) is 11. The maximum atomic E-state index is 13.9. The number of aromatic nitrogens is 2. The highest BCUT2D eigenvalue weighted by molar-refractivity contribution is 5.77. The molecule has 0 radical (unpaired) electrons. The van der Waals surface area contributed by atoms with Crippen LogP contribution in [0.1, 0.15) is 79.0 Å². The molecule has 17 nitrogen and oxygen atoms in total. The van der Waals surface area contributed by atoms with Gasteiger partial charge >= 0.3 is 17.9 Å². The van der Waals surface area contributed by atoms with Crippen molar-refractivity contribution in [3.05, 3.63) is 103 Å². The first-order chi connectivity index (χ1) is 31.8. The summed E-state index contributed by atoms with van der Waals surface area (Å²) in [5.74, 6) is -0.368. The summed E-state index contributed by atoms with van der Waals surface area (Å²) in [7, 11) is 0. The highest BCUT2D eigenvalue weighted by Gasteiger charge is 2.31. The van der Waals surface area contributed by atoms with Crippen molar-refractivity contribution in [3.63, 3.8) is 0 Å². The molecule has 0 unspecified atom stereocenters. The Hall–Kier alpha value is -5.59. The summed E-state index contributed by atoms with van der Waals surface area (Å²) < 4.78 is 64.1. The van der Waals surface area contributed by atoms with Crippen LogP contribution < -0.4 is 32.5 Å². The van der Waals surface area contributed by atoms with E-state index < -0.39 is 23.0 Å². The molecule has 0 aliphatic carbocycles. The Morgan fingerprint density at radius 2 is 1.50 bits per heavy atom. The van der Waals surface area contributed by atoms with Crippen LogP contribution >= 0.6 is 0 Å². The fraction of sp³-hybridized carbons (Fsp3) is 0.565.